The zero-order valence-electron chi connectivity index (χ0n) is 22.5. The van der Waals surface area contributed by atoms with Crippen molar-refractivity contribution in [1.29, 1.82) is 0 Å². The van der Waals surface area contributed by atoms with Gasteiger partial charge in [-0.2, -0.15) is 18.3 Å². The van der Waals surface area contributed by atoms with Gasteiger partial charge in [0.05, 0.1) is 39.6 Å². The number of carbonyl (C=O) groups is 1. The Morgan fingerprint density at radius 1 is 1.10 bits per heavy atom. The number of halogens is 5. The Bertz CT molecular complexity index is 1370. The summed E-state index contributed by atoms with van der Waals surface area (Å²) in [6.45, 7) is 4.58. The van der Waals surface area contributed by atoms with Crippen LogP contribution in [0.1, 0.15) is 36.6 Å². The summed E-state index contributed by atoms with van der Waals surface area (Å²) in [5.41, 5.74) is 2.71. The zero-order valence-corrected chi connectivity index (χ0v) is 24.0. The summed E-state index contributed by atoms with van der Waals surface area (Å²) in [5, 5.41) is 20.1. The van der Waals surface area contributed by atoms with Gasteiger partial charge in [0, 0.05) is 81.3 Å². The van der Waals surface area contributed by atoms with Gasteiger partial charge in [0.25, 0.3) is 0 Å². The number of aromatic nitrogens is 3. The van der Waals surface area contributed by atoms with Crippen LogP contribution in [0.3, 0.4) is 0 Å². The number of β-amino-alcohol motifs (C(OH)–C–C–N with tert-alkyl or cyclic N) is 1. The average molecular weight is 611 g/mol. The van der Waals surface area contributed by atoms with E-state index in [9.17, 15) is 23.1 Å². The Labute approximate surface area is 246 Å². The number of likely N-dealkylation sites (tertiary alicyclic amines) is 1. The maximum Gasteiger partial charge on any atom is 0.416 e. The van der Waals surface area contributed by atoms with E-state index in [1.165, 1.54) is 19.1 Å². The smallest absolute Gasteiger partial charge is 0.390 e. The maximum atomic E-state index is 13.1. The number of carbonyl (C=O) groups excluding carboxylic acids is 1. The van der Waals surface area contributed by atoms with E-state index in [2.05, 4.69) is 15.2 Å². The lowest BCUT2D eigenvalue weighted by molar-refractivity contribution is -0.137. The third kappa shape index (κ3) is 6.80. The summed E-state index contributed by atoms with van der Waals surface area (Å²) in [4.78, 5) is 20.0. The second-order valence-electron chi connectivity index (χ2n) is 10.6. The third-order valence-corrected chi connectivity index (χ3v) is 8.28. The molecule has 1 fully saturated rings. The fraction of sp³-hybridized carbons (Fsp3) is 0.464. The third-order valence-electron chi connectivity index (χ3n) is 7.71. The highest BCUT2D eigenvalue weighted by Gasteiger charge is 2.32. The number of anilines is 1. The molecular weight excluding hydrogens is 580 g/mol. The van der Waals surface area contributed by atoms with E-state index in [0.717, 1.165) is 49.3 Å². The normalized spacial score (nSPS) is 17.4. The van der Waals surface area contributed by atoms with Gasteiger partial charge in [0.15, 0.2) is 0 Å². The molecule has 8 nitrogen and oxygen atoms in total. The highest BCUT2D eigenvalue weighted by atomic mass is 35.5. The van der Waals surface area contributed by atoms with Gasteiger partial charge >= 0.3 is 6.18 Å². The molecule has 0 radical (unpaired) electrons. The van der Waals surface area contributed by atoms with Crippen LogP contribution in [0.5, 0.6) is 0 Å². The Balaban J connectivity index is 1.26. The number of alkyl halides is 3. The van der Waals surface area contributed by atoms with Crippen LogP contribution in [-0.4, -0.2) is 73.9 Å². The number of benzene rings is 1. The van der Waals surface area contributed by atoms with Crippen LogP contribution in [0, 0.1) is 0 Å². The van der Waals surface area contributed by atoms with Crippen molar-refractivity contribution in [1.82, 2.24) is 24.6 Å². The maximum absolute atomic E-state index is 13.1. The molecule has 2 aliphatic rings. The van der Waals surface area contributed by atoms with Crippen molar-refractivity contribution in [3.63, 3.8) is 0 Å². The van der Waals surface area contributed by atoms with Gasteiger partial charge in [0.2, 0.25) is 5.91 Å². The summed E-state index contributed by atoms with van der Waals surface area (Å²) < 4.78 is 41.1. The Morgan fingerprint density at radius 2 is 1.76 bits per heavy atom. The minimum absolute atomic E-state index is 0.0758. The average Bonchev–Trinajstić information content (AvgIpc) is 3.28. The van der Waals surface area contributed by atoms with E-state index >= 15 is 0 Å². The quantitative estimate of drug-likeness (QED) is 0.386. The molecule has 3 aromatic rings. The fourth-order valence-corrected chi connectivity index (χ4v) is 6.00. The summed E-state index contributed by atoms with van der Waals surface area (Å²) in [6.07, 6.45) is 0.198. The SMILES string of the molecule is CC(=O)N1CCc2c(c(-c3ccc(C(F)(F)F)cc3)nn2CC(O)CN2CCC(Nc3c(Cl)cncc3Cl)CC2)C1. The molecule has 2 aliphatic heterocycles. The van der Waals surface area contributed by atoms with Gasteiger partial charge in [-0.25, -0.2) is 0 Å². The molecule has 0 aliphatic carbocycles. The molecular formula is C28H31Cl2F3N6O2. The number of nitrogens with zero attached hydrogens (tertiary/aromatic N) is 5. The topological polar surface area (TPSA) is 86.5 Å². The standard InChI is InChI=1S/C28H31Cl2F3N6O2/c1-17(40)38-11-8-25-22(16-38)26(18-2-4-19(5-3-18)28(31,32)33)36-39(25)15-21(41)14-37-9-6-20(7-10-37)35-27-23(29)12-34-13-24(27)30/h2-5,12-13,20-21,41H,6-11,14-16H2,1H3,(H,34,35). The molecule has 1 unspecified atom stereocenters. The number of aliphatic hydroxyl groups is 1. The van der Waals surface area contributed by atoms with Gasteiger partial charge in [0.1, 0.15) is 0 Å². The van der Waals surface area contributed by atoms with Gasteiger partial charge in [-0.3, -0.25) is 14.5 Å². The van der Waals surface area contributed by atoms with E-state index in [1.54, 1.807) is 22.0 Å². The predicted molar refractivity (Wildman–Crippen MR) is 151 cm³/mol. The van der Waals surface area contributed by atoms with Crippen LogP contribution in [0.4, 0.5) is 18.9 Å². The molecule has 0 saturated carbocycles. The van der Waals surface area contributed by atoms with E-state index in [4.69, 9.17) is 28.3 Å². The van der Waals surface area contributed by atoms with Crippen molar-refractivity contribution >= 4 is 34.8 Å². The van der Waals surface area contributed by atoms with Crippen LogP contribution in [0.15, 0.2) is 36.7 Å². The van der Waals surface area contributed by atoms with Crippen LogP contribution in [-0.2, 0) is 30.5 Å². The molecule has 1 amide bonds. The van der Waals surface area contributed by atoms with Gasteiger partial charge < -0.3 is 20.2 Å². The van der Waals surface area contributed by atoms with E-state index in [1.807, 2.05) is 0 Å². The Morgan fingerprint density at radius 3 is 2.37 bits per heavy atom. The molecule has 1 atom stereocenters. The minimum Gasteiger partial charge on any atom is -0.390 e. The number of fused-ring (bicyclic) bond motifs is 1. The fourth-order valence-electron chi connectivity index (χ4n) is 5.53. The van der Waals surface area contributed by atoms with Crippen LogP contribution >= 0.6 is 23.2 Å². The number of aliphatic hydroxyl groups excluding tert-OH is 1. The second kappa shape index (κ2) is 12.2. The van der Waals surface area contributed by atoms with Crippen molar-refractivity contribution in [2.45, 2.75) is 57.6 Å². The second-order valence-corrected chi connectivity index (χ2v) is 11.4. The predicted octanol–water partition coefficient (Wildman–Crippen LogP) is 5.11. The molecule has 5 rings (SSSR count). The number of rotatable bonds is 7. The van der Waals surface area contributed by atoms with Crippen LogP contribution in [0.25, 0.3) is 11.3 Å². The highest BCUT2D eigenvalue weighted by molar-refractivity contribution is 6.38. The first kappa shape index (κ1) is 29.6. The first-order chi connectivity index (χ1) is 19.5. The Hall–Kier alpha value is -2.86. The van der Waals surface area contributed by atoms with E-state index in [-0.39, 0.29) is 18.5 Å². The summed E-state index contributed by atoms with van der Waals surface area (Å²) >= 11 is 12.5. The van der Waals surface area contributed by atoms with Crippen LogP contribution in [0.2, 0.25) is 10.0 Å². The van der Waals surface area contributed by atoms with Gasteiger partial charge in [-0.1, -0.05) is 35.3 Å². The lowest BCUT2D eigenvalue weighted by atomic mass is 10.00. The molecule has 2 aromatic heterocycles. The highest BCUT2D eigenvalue weighted by Crippen LogP contribution is 2.34. The monoisotopic (exact) mass is 610 g/mol. The van der Waals surface area contributed by atoms with Crippen LogP contribution < -0.4 is 5.32 Å². The lowest BCUT2D eigenvalue weighted by Gasteiger charge is -2.34. The number of piperidine rings is 1. The summed E-state index contributed by atoms with van der Waals surface area (Å²) in [6, 6.07) is 5.08. The number of nitrogens with one attached hydrogen (secondary N) is 1. The van der Waals surface area contributed by atoms with E-state index < -0.39 is 17.8 Å². The Kier molecular flexibility index (Phi) is 8.79. The molecule has 13 heteroatoms. The largest absolute Gasteiger partial charge is 0.416 e. The summed E-state index contributed by atoms with van der Waals surface area (Å²) in [7, 11) is 0. The van der Waals surface area contributed by atoms with Gasteiger partial charge in [-0.15, -0.1) is 0 Å². The molecule has 41 heavy (non-hydrogen) atoms. The first-order valence-electron chi connectivity index (χ1n) is 13.5. The van der Waals surface area contributed by atoms with E-state index in [0.29, 0.717) is 53.0 Å². The molecule has 2 N–H and O–H groups in total. The number of amides is 1. The van der Waals surface area contributed by atoms with Crippen molar-refractivity contribution in [2.24, 2.45) is 0 Å². The number of hydrogen-bond acceptors (Lipinski definition) is 6. The molecule has 0 spiro atoms. The van der Waals surface area contributed by atoms with Gasteiger partial charge in [-0.05, 0) is 25.0 Å². The van der Waals surface area contributed by atoms with Crippen molar-refractivity contribution in [2.75, 3.05) is 31.5 Å². The zero-order chi connectivity index (χ0) is 29.3. The summed E-state index contributed by atoms with van der Waals surface area (Å²) in [5.74, 6) is -0.0758. The number of pyridine rings is 1. The first-order valence-corrected chi connectivity index (χ1v) is 14.2. The van der Waals surface area contributed by atoms with Crippen molar-refractivity contribution in [3.8, 4) is 11.3 Å². The molecule has 220 valence electrons. The van der Waals surface area contributed by atoms with Crippen molar-refractivity contribution < 1.29 is 23.1 Å². The number of hydrogen-bond donors (Lipinski definition) is 2. The minimum atomic E-state index is -4.43. The molecule has 1 saturated heterocycles. The molecule has 4 heterocycles. The lowest BCUT2D eigenvalue weighted by Crippen LogP contribution is -2.43. The van der Waals surface area contributed by atoms with Crippen molar-refractivity contribution in [3.05, 3.63) is 63.5 Å². The molecule has 0 bridgehead atoms. The molecule has 1 aromatic carbocycles.